The molecule has 1 saturated heterocycles. The van der Waals surface area contributed by atoms with Gasteiger partial charge in [-0.2, -0.15) is 0 Å². The number of piperidine rings is 1. The first-order valence-electron chi connectivity index (χ1n) is 7.87. The van der Waals surface area contributed by atoms with E-state index >= 15 is 0 Å². The van der Waals surface area contributed by atoms with E-state index < -0.39 is 0 Å². The Morgan fingerprint density at radius 2 is 1.77 bits per heavy atom. The van der Waals surface area contributed by atoms with Gasteiger partial charge in [0.25, 0.3) is 0 Å². The number of likely N-dealkylation sites (tertiary alicyclic amines) is 1. The van der Waals surface area contributed by atoms with Crippen molar-refractivity contribution in [2.24, 2.45) is 11.7 Å². The molecule has 2 amide bonds. The topological polar surface area (TPSA) is 75.4 Å². The molecule has 0 spiro atoms. The predicted molar refractivity (Wildman–Crippen MR) is 86.0 cm³/mol. The minimum atomic E-state index is -0.227. The van der Waals surface area contributed by atoms with Crippen LogP contribution in [0.3, 0.4) is 0 Å². The molecule has 5 heteroatoms. The van der Waals surface area contributed by atoms with Crippen molar-refractivity contribution in [1.82, 2.24) is 10.2 Å². The number of carbonyl (C=O) groups excluding carboxylic acids is 2. The maximum absolute atomic E-state index is 12.4. The average Bonchev–Trinajstić information content (AvgIpc) is 2.55. The summed E-state index contributed by atoms with van der Waals surface area (Å²) < 4.78 is 0. The lowest BCUT2D eigenvalue weighted by molar-refractivity contribution is -0.128. The van der Waals surface area contributed by atoms with Gasteiger partial charge in [-0.15, -0.1) is 0 Å². The molecule has 0 aromatic heterocycles. The smallest absolute Gasteiger partial charge is 0.237 e. The summed E-state index contributed by atoms with van der Waals surface area (Å²) in [5, 5.41) is 3.05. The summed E-state index contributed by atoms with van der Waals surface area (Å²) in [6.45, 7) is 5.38. The summed E-state index contributed by atoms with van der Waals surface area (Å²) in [5.41, 5.74) is 6.44. The van der Waals surface area contributed by atoms with Gasteiger partial charge >= 0.3 is 0 Å². The number of hydrogen-bond acceptors (Lipinski definition) is 3. The van der Waals surface area contributed by atoms with Crippen molar-refractivity contribution < 1.29 is 9.59 Å². The fourth-order valence-corrected chi connectivity index (χ4v) is 2.90. The molecule has 2 unspecified atom stereocenters. The van der Waals surface area contributed by atoms with Gasteiger partial charge in [-0.25, -0.2) is 0 Å². The van der Waals surface area contributed by atoms with Crippen LogP contribution >= 0.6 is 0 Å². The second-order valence-corrected chi connectivity index (χ2v) is 6.03. The standard InChI is InChI=1S/C17H25N3O2/c1-12(14-6-4-3-5-7-14)19-17(22)13(2)20-10-8-15(9-11-20)16(18)21/h3-7,12-13,15H,8-11H2,1-2H3,(H2,18,21)(H,19,22). The van der Waals surface area contributed by atoms with Crippen LogP contribution in [0.1, 0.15) is 38.3 Å². The van der Waals surface area contributed by atoms with Gasteiger partial charge in [0.2, 0.25) is 11.8 Å². The molecule has 1 heterocycles. The van der Waals surface area contributed by atoms with Gasteiger partial charge in [-0.1, -0.05) is 30.3 Å². The molecule has 0 radical (unpaired) electrons. The highest BCUT2D eigenvalue weighted by Crippen LogP contribution is 2.19. The van der Waals surface area contributed by atoms with Crippen LogP contribution in [0.5, 0.6) is 0 Å². The summed E-state index contributed by atoms with van der Waals surface area (Å²) in [6.07, 6.45) is 1.47. The number of nitrogens with two attached hydrogens (primary N) is 1. The van der Waals surface area contributed by atoms with E-state index in [1.165, 1.54) is 0 Å². The zero-order valence-electron chi connectivity index (χ0n) is 13.3. The fraction of sp³-hybridized carbons (Fsp3) is 0.529. The number of primary amides is 1. The Hall–Kier alpha value is -1.88. The Bertz CT molecular complexity index is 510. The highest BCUT2D eigenvalue weighted by molar-refractivity contribution is 5.82. The molecule has 3 N–H and O–H groups in total. The average molecular weight is 303 g/mol. The number of carbonyl (C=O) groups is 2. The fourth-order valence-electron chi connectivity index (χ4n) is 2.90. The highest BCUT2D eigenvalue weighted by atomic mass is 16.2. The quantitative estimate of drug-likeness (QED) is 0.864. The molecule has 1 aromatic carbocycles. The van der Waals surface area contributed by atoms with E-state index in [9.17, 15) is 9.59 Å². The van der Waals surface area contributed by atoms with Crippen molar-refractivity contribution in [3.05, 3.63) is 35.9 Å². The molecule has 120 valence electrons. The Labute approximate surface area is 131 Å². The molecule has 0 saturated carbocycles. The van der Waals surface area contributed by atoms with Crippen LogP contribution < -0.4 is 11.1 Å². The molecule has 1 aliphatic heterocycles. The number of nitrogens with zero attached hydrogens (tertiary/aromatic N) is 1. The van der Waals surface area contributed by atoms with Gasteiger partial charge in [-0.05, 0) is 45.3 Å². The van der Waals surface area contributed by atoms with Crippen molar-refractivity contribution in [1.29, 1.82) is 0 Å². The zero-order valence-corrected chi connectivity index (χ0v) is 13.3. The van der Waals surface area contributed by atoms with Gasteiger partial charge in [0.05, 0.1) is 12.1 Å². The van der Waals surface area contributed by atoms with Crippen LogP contribution in [0.2, 0.25) is 0 Å². The van der Waals surface area contributed by atoms with Gasteiger partial charge in [-0.3, -0.25) is 14.5 Å². The molecule has 1 aliphatic rings. The number of nitrogens with one attached hydrogen (secondary N) is 1. The molecule has 1 fully saturated rings. The first-order chi connectivity index (χ1) is 10.5. The SMILES string of the molecule is CC(NC(=O)C(C)N1CCC(C(N)=O)CC1)c1ccccc1. The second-order valence-electron chi connectivity index (χ2n) is 6.03. The number of rotatable bonds is 5. The van der Waals surface area contributed by atoms with Crippen molar-refractivity contribution in [2.75, 3.05) is 13.1 Å². The maximum atomic E-state index is 12.4. The minimum Gasteiger partial charge on any atom is -0.369 e. The van der Waals surface area contributed by atoms with Gasteiger partial charge in [0.1, 0.15) is 0 Å². The monoisotopic (exact) mass is 303 g/mol. The van der Waals surface area contributed by atoms with Crippen molar-refractivity contribution >= 4 is 11.8 Å². The van der Waals surface area contributed by atoms with E-state index in [2.05, 4.69) is 10.2 Å². The van der Waals surface area contributed by atoms with E-state index in [0.717, 1.165) is 31.5 Å². The Kier molecular flexibility index (Phi) is 5.55. The van der Waals surface area contributed by atoms with E-state index in [1.54, 1.807) is 0 Å². The third-order valence-corrected chi connectivity index (χ3v) is 4.52. The molecular weight excluding hydrogens is 278 g/mol. The van der Waals surface area contributed by atoms with Gasteiger partial charge < -0.3 is 11.1 Å². The van der Waals surface area contributed by atoms with Crippen LogP contribution in [0, 0.1) is 5.92 Å². The first-order valence-corrected chi connectivity index (χ1v) is 7.87. The van der Waals surface area contributed by atoms with Crippen LogP contribution in [0.15, 0.2) is 30.3 Å². The van der Waals surface area contributed by atoms with Crippen molar-refractivity contribution in [3.63, 3.8) is 0 Å². The Morgan fingerprint density at radius 3 is 2.32 bits per heavy atom. The third kappa shape index (κ3) is 4.07. The first kappa shape index (κ1) is 16.5. The maximum Gasteiger partial charge on any atom is 0.237 e. The second kappa shape index (κ2) is 7.40. The molecular formula is C17H25N3O2. The van der Waals surface area contributed by atoms with E-state index in [0.29, 0.717) is 0 Å². The number of benzene rings is 1. The van der Waals surface area contributed by atoms with E-state index in [1.807, 2.05) is 44.2 Å². The third-order valence-electron chi connectivity index (χ3n) is 4.52. The van der Waals surface area contributed by atoms with Gasteiger partial charge in [0, 0.05) is 5.92 Å². The summed E-state index contributed by atoms with van der Waals surface area (Å²) in [6, 6.07) is 9.71. The normalized spacial score (nSPS) is 19.4. The Balaban J connectivity index is 1.86. The lowest BCUT2D eigenvalue weighted by Gasteiger charge is -2.34. The lowest BCUT2D eigenvalue weighted by atomic mass is 9.95. The Morgan fingerprint density at radius 1 is 1.18 bits per heavy atom. The zero-order chi connectivity index (χ0) is 16.1. The van der Waals surface area contributed by atoms with Crippen LogP contribution in [-0.2, 0) is 9.59 Å². The largest absolute Gasteiger partial charge is 0.369 e. The highest BCUT2D eigenvalue weighted by Gasteiger charge is 2.29. The predicted octanol–water partition coefficient (Wildman–Crippen LogP) is 1.45. The van der Waals surface area contributed by atoms with Crippen LogP contribution in [0.25, 0.3) is 0 Å². The lowest BCUT2D eigenvalue weighted by Crippen LogP contribution is -2.49. The van der Waals surface area contributed by atoms with E-state index in [4.69, 9.17) is 5.73 Å². The summed E-state index contributed by atoms with van der Waals surface area (Å²) in [4.78, 5) is 25.7. The number of hydrogen-bond donors (Lipinski definition) is 2. The van der Waals surface area contributed by atoms with Crippen molar-refractivity contribution in [3.8, 4) is 0 Å². The summed E-state index contributed by atoms with van der Waals surface area (Å²) in [7, 11) is 0. The van der Waals surface area contributed by atoms with Crippen LogP contribution in [0.4, 0.5) is 0 Å². The molecule has 2 atom stereocenters. The van der Waals surface area contributed by atoms with Crippen molar-refractivity contribution in [2.45, 2.75) is 38.8 Å². The molecule has 22 heavy (non-hydrogen) atoms. The van der Waals surface area contributed by atoms with E-state index in [-0.39, 0.29) is 29.8 Å². The molecule has 2 rings (SSSR count). The summed E-state index contributed by atoms with van der Waals surface area (Å²) >= 11 is 0. The van der Waals surface area contributed by atoms with Gasteiger partial charge in [0.15, 0.2) is 0 Å². The molecule has 0 bridgehead atoms. The molecule has 5 nitrogen and oxygen atoms in total. The van der Waals surface area contributed by atoms with Crippen LogP contribution in [-0.4, -0.2) is 35.8 Å². The minimum absolute atomic E-state index is 0.0145. The molecule has 0 aliphatic carbocycles. The molecule has 1 aromatic rings. The summed E-state index contributed by atoms with van der Waals surface area (Å²) in [5.74, 6) is -0.252. The number of amides is 2.